The van der Waals surface area contributed by atoms with Crippen molar-refractivity contribution in [2.75, 3.05) is 32.7 Å². The Hall–Kier alpha value is -1.82. The molecule has 98 valence electrons. The average molecular weight is 252 g/mol. The van der Waals surface area contributed by atoms with Crippen LogP contribution in [0.3, 0.4) is 0 Å². The number of nitrogens with zero attached hydrogens (tertiary/aromatic N) is 1. The SMILES string of the molecule is COC(=O)c1cc(N)cnc1OCC1CCOC1. The zero-order valence-corrected chi connectivity index (χ0v) is 10.2. The molecule has 1 unspecified atom stereocenters. The second-order valence-electron chi connectivity index (χ2n) is 4.15. The molecule has 1 aromatic heterocycles. The van der Waals surface area contributed by atoms with Gasteiger partial charge in [-0.3, -0.25) is 0 Å². The summed E-state index contributed by atoms with van der Waals surface area (Å²) in [5, 5.41) is 0. The Morgan fingerprint density at radius 3 is 3.17 bits per heavy atom. The Labute approximate surface area is 105 Å². The van der Waals surface area contributed by atoms with E-state index in [2.05, 4.69) is 9.72 Å². The maximum atomic E-state index is 11.6. The van der Waals surface area contributed by atoms with E-state index in [1.807, 2.05) is 0 Å². The largest absolute Gasteiger partial charge is 0.477 e. The molecule has 6 nitrogen and oxygen atoms in total. The first-order chi connectivity index (χ1) is 8.70. The van der Waals surface area contributed by atoms with Crippen molar-refractivity contribution >= 4 is 11.7 Å². The molecule has 2 heterocycles. The lowest BCUT2D eigenvalue weighted by Crippen LogP contribution is -2.15. The number of carbonyl (C=O) groups is 1. The van der Waals surface area contributed by atoms with Crippen molar-refractivity contribution in [3.8, 4) is 5.88 Å². The molecule has 1 aromatic rings. The van der Waals surface area contributed by atoms with Crippen molar-refractivity contribution in [3.05, 3.63) is 17.8 Å². The number of pyridine rings is 1. The number of nitrogen functional groups attached to an aromatic ring is 1. The van der Waals surface area contributed by atoms with Crippen molar-refractivity contribution in [1.82, 2.24) is 4.98 Å². The highest BCUT2D eigenvalue weighted by atomic mass is 16.5. The first kappa shape index (κ1) is 12.6. The molecule has 0 spiro atoms. The number of nitrogens with two attached hydrogens (primary N) is 1. The smallest absolute Gasteiger partial charge is 0.343 e. The summed E-state index contributed by atoms with van der Waals surface area (Å²) in [7, 11) is 1.31. The topological polar surface area (TPSA) is 83.7 Å². The van der Waals surface area contributed by atoms with Crippen molar-refractivity contribution in [2.45, 2.75) is 6.42 Å². The Bertz CT molecular complexity index is 430. The van der Waals surface area contributed by atoms with Crippen molar-refractivity contribution in [1.29, 1.82) is 0 Å². The van der Waals surface area contributed by atoms with Crippen LogP contribution in [0, 0.1) is 5.92 Å². The van der Waals surface area contributed by atoms with Gasteiger partial charge in [-0.2, -0.15) is 0 Å². The van der Waals surface area contributed by atoms with Gasteiger partial charge in [-0.15, -0.1) is 0 Å². The second kappa shape index (κ2) is 5.68. The molecule has 0 aliphatic carbocycles. The third-order valence-corrected chi connectivity index (χ3v) is 2.76. The number of carbonyl (C=O) groups excluding carboxylic acids is 1. The fraction of sp³-hybridized carbons (Fsp3) is 0.500. The first-order valence-corrected chi connectivity index (χ1v) is 5.75. The van der Waals surface area contributed by atoms with Crippen molar-refractivity contribution < 1.29 is 19.0 Å². The number of methoxy groups -OCH3 is 1. The summed E-state index contributed by atoms with van der Waals surface area (Å²) in [4.78, 5) is 15.6. The van der Waals surface area contributed by atoms with Crippen LogP contribution in [0.15, 0.2) is 12.3 Å². The highest BCUT2D eigenvalue weighted by molar-refractivity contribution is 5.92. The molecular formula is C12H16N2O4. The maximum absolute atomic E-state index is 11.6. The molecular weight excluding hydrogens is 236 g/mol. The van der Waals surface area contributed by atoms with Gasteiger partial charge < -0.3 is 19.9 Å². The van der Waals surface area contributed by atoms with E-state index >= 15 is 0 Å². The van der Waals surface area contributed by atoms with Crippen LogP contribution in [0.1, 0.15) is 16.8 Å². The van der Waals surface area contributed by atoms with Gasteiger partial charge in [0.1, 0.15) is 5.56 Å². The quantitative estimate of drug-likeness (QED) is 0.800. The van der Waals surface area contributed by atoms with E-state index in [1.54, 1.807) is 0 Å². The number of aromatic nitrogens is 1. The van der Waals surface area contributed by atoms with Gasteiger partial charge in [0.15, 0.2) is 0 Å². The summed E-state index contributed by atoms with van der Waals surface area (Å²) >= 11 is 0. The van der Waals surface area contributed by atoms with Crippen LogP contribution in [0.5, 0.6) is 5.88 Å². The second-order valence-corrected chi connectivity index (χ2v) is 4.15. The average Bonchev–Trinajstić information content (AvgIpc) is 2.89. The van der Waals surface area contributed by atoms with Crippen LogP contribution in [0.4, 0.5) is 5.69 Å². The molecule has 0 amide bonds. The molecule has 1 aliphatic heterocycles. The lowest BCUT2D eigenvalue weighted by atomic mass is 10.1. The highest BCUT2D eigenvalue weighted by Crippen LogP contribution is 2.21. The molecule has 1 fully saturated rings. The zero-order valence-electron chi connectivity index (χ0n) is 10.2. The minimum absolute atomic E-state index is 0.247. The van der Waals surface area contributed by atoms with Crippen LogP contribution in [-0.2, 0) is 9.47 Å². The van der Waals surface area contributed by atoms with E-state index < -0.39 is 5.97 Å². The highest BCUT2D eigenvalue weighted by Gasteiger charge is 2.19. The predicted octanol–water partition coefficient (Wildman–Crippen LogP) is 0.866. The minimum atomic E-state index is -0.507. The normalized spacial score (nSPS) is 18.6. The maximum Gasteiger partial charge on any atom is 0.343 e. The fourth-order valence-electron chi connectivity index (χ4n) is 1.75. The standard InChI is InChI=1S/C12H16N2O4/c1-16-12(15)10-4-9(13)5-14-11(10)18-7-8-2-3-17-6-8/h4-5,8H,2-3,6-7,13H2,1H3. The molecule has 1 saturated heterocycles. The van der Waals surface area contributed by atoms with E-state index in [-0.39, 0.29) is 11.4 Å². The van der Waals surface area contributed by atoms with E-state index in [4.69, 9.17) is 15.2 Å². The molecule has 2 rings (SSSR count). The molecule has 18 heavy (non-hydrogen) atoms. The Morgan fingerprint density at radius 1 is 1.67 bits per heavy atom. The third kappa shape index (κ3) is 2.89. The number of rotatable bonds is 4. The number of hydrogen-bond acceptors (Lipinski definition) is 6. The molecule has 1 aliphatic rings. The van der Waals surface area contributed by atoms with E-state index in [0.29, 0.717) is 24.8 Å². The molecule has 0 bridgehead atoms. The van der Waals surface area contributed by atoms with Gasteiger partial charge >= 0.3 is 5.97 Å². The lowest BCUT2D eigenvalue weighted by molar-refractivity contribution is 0.0593. The minimum Gasteiger partial charge on any atom is -0.477 e. The summed E-state index contributed by atoms with van der Waals surface area (Å²) < 4.78 is 15.5. The Morgan fingerprint density at radius 2 is 2.50 bits per heavy atom. The molecule has 6 heteroatoms. The number of ether oxygens (including phenoxy) is 3. The van der Waals surface area contributed by atoms with Crippen LogP contribution < -0.4 is 10.5 Å². The number of anilines is 1. The first-order valence-electron chi connectivity index (χ1n) is 5.75. The number of hydrogen-bond donors (Lipinski definition) is 1. The summed E-state index contributed by atoms with van der Waals surface area (Å²) in [5.74, 6) is 0.0882. The molecule has 0 aromatic carbocycles. The van der Waals surface area contributed by atoms with Gasteiger partial charge in [-0.05, 0) is 12.5 Å². The summed E-state index contributed by atoms with van der Waals surface area (Å²) in [6, 6.07) is 1.50. The zero-order chi connectivity index (χ0) is 13.0. The summed E-state index contributed by atoms with van der Waals surface area (Å²) in [6.45, 7) is 1.91. The Balaban J connectivity index is 2.08. The predicted molar refractivity (Wildman–Crippen MR) is 64.4 cm³/mol. The fourth-order valence-corrected chi connectivity index (χ4v) is 1.75. The monoisotopic (exact) mass is 252 g/mol. The van der Waals surface area contributed by atoms with Crippen LogP contribution in [-0.4, -0.2) is 37.9 Å². The summed E-state index contributed by atoms with van der Waals surface area (Å²) in [5.41, 5.74) is 6.23. The van der Waals surface area contributed by atoms with Gasteiger partial charge in [0, 0.05) is 12.5 Å². The van der Waals surface area contributed by atoms with E-state index in [9.17, 15) is 4.79 Å². The third-order valence-electron chi connectivity index (χ3n) is 2.76. The van der Waals surface area contributed by atoms with Crippen LogP contribution >= 0.6 is 0 Å². The van der Waals surface area contributed by atoms with Gasteiger partial charge in [0.05, 0.1) is 32.2 Å². The van der Waals surface area contributed by atoms with Gasteiger partial charge in [0.25, 0.3) is 0 Å². The van der Waals surface area contributed by atoms with Crippen molar-refractivity contribution in [3.63, 3.8) is 0 Å². The van der Waals surface area contributed by atoms with Crippen LogP contribution in [0.2, 0.25) is 0 Å². The molecule has 0 saturated carbocycles. The molecule has 0 radical (unpaired) electrons. The number of esters is 1. The van der Waals surface area contributed by atoms with Gasteiger partial charge in [-0.1, -0.05) is 0 Å². The van der Waals surface area contributed by atoms with E-state index in [0.717, 1.165) is 13.0 Å². The molecule has 2 N–H and O–H groups in total. The van der Waals surface area contributed by atoms with E-state index in [1.165, 1.54) is 19.4 Å². The lowest BCUT2D eigenvalue weighted by Gasteiger charge is -2.12. The van der Waals surface area contributed by atoms with Crippen LogP contribution in [0.25, 0.3) is 0 Å². The van der Waals surface area contributed by atoms with Gasteiger partial charge in [0.2, 0.25) is 5.88 Å². The summed E-state index contributed by atoms with van der Waals surface area (Å²) in [6.07, 6.45) is 2.41. The van der Waals surface area contributed by atoms with Gasteiger partial charge in [-0.25, -0.2) is 9.78 Å². The molecule has 1 atom stereocenters. The van der Waals surface area contributed by atoms with Crippen molar-refractivity contribution in [2.24, 2.45) is 5.92 Å². The Kier molecular flexibility index (Phi) is 3.99.